The molecule has 0 bridgehead atoms. The zero-order chi connectivity index (χ0) is 20.0. The molecule has 0 heterocycles. The third kappa shape index (κ3) is 5.53. The van der Waals surface area contributed by atoms with Gasteiger partial charge in [-0.15, -0.1) is 0 Å². The minimum absolute atomic E-state index is 0.155. The number of amides is 1. The van der Waals surface area contributed by atoms with Crippen LogP contribution in [-0.4, -0.2) is 26.6 Å². The van der Waals surface area contributed by atoms with Crippen LogP contribution in [0.1, 0.15) is 32.3 Å². The monoisotopic (exact) mass is 392 g/mol. The summed E-state index contributed by atoms with van der Waals surface area (Å²) in [6, 6.07) is 11.8. The SMILES string of the molecule is CCCCc1ccc(NC(=O)[C@H](C)N(c2ccccc2F)S(C)(=O)=O)cc1. The molecule has 1 amide bonds. The molecule has 1 atom stereocenters. The van der Waals surface area contributed by atoms with Crippen LogP contribution in [0.4, 0.5) is 15.8 Å². The maximum Gasteiger partial charge on any atom is 0.247 e. The van der Waals surface area contributed by atoms with Gasteiger partial charge in [-0.25, -0.2) is 12.8 Å². The molecule has 27 heavy (non-hydrogen) atoms. The zero-order valence-corrected chi connectivity index (χ0v) is 16.6. The van der Waals surface area contributed by atoms with Gasteiger partial charge >= 0.3 is 0 Å². The molecule has 0 unspecified atom stereocenters. The van der Waals surface area contributed by atoms with Crippen molar-refractivity contribution in [1.82, 2.24) is 0 Å². The van der Waals surface area contributed by atoms with E-state index in [9.17, 15) is 17.6 Å². The number of rotatable bonds is 8. The van der Waals surface area contributed by atoms with Crippen LogP contribution in [0.5, 0.6) is 0 Å². The van der Waals surface area contributed by atoms with E-state index in [0.717, 1.165) is 35.9 Å². The number of nitrogens with zero attached hydrogens (tertiary/aromatic N) is 1. The average Bonchev–Trinajstić information content (AvgIpc) is 2.61. The summed E-state index contributed by atoms with van der Waals surface area (Å²) in [4.78, 5) is 12.6. The third-order valence-electron chi connectivity index (χ3n) is 4.22. The Morgan fingerprint density at radius 3 is 2.33 bits per heavy atom. The number of sulfonamides is 1. The van der Waals surface area contributed by atoms with Gasteiger partial charge in [0, 0.05) is 5.69 Å². The van der Waals surface area contributed by atoms with E-state index in [2.05, 4.69) is 12.2 Å². The number of halogens is 1. The van der Waals surface area contributed by atoms with Crippen molar-refractivity contribution in [3.63, 3.8) is 0 Å². The Balaban J connectivity index is 2.19. The molecule has 1 N–H and O–H groups in total. The molecular formula is C20H25FN2O3S. The third-order valence-corrected chi connectivity index (χ3v) is 5.45. The van der Waals surface area contributed by atoms with Gasteiger partial charge in [0.2, 0.25) is 15.9 Å². The smallest absolute Gasteiger partial charge is 0.247 e. The molecule has 0 aliphatic carbocycles. The fraction of sp³-hybridized carbons (Fsp3) is 0.350. The van der Waals surface area contributed by atoms with Crippen LogP contribution in [0.25, 0.3) is 0 Å². The Morgan fingerprint density at radius 1 is 1.15 bits per heavy atom. The van der Waals surface area contributed by atoms with Crippen LogP contribution in [0.3, 0.4) is 0 Å². The molecule has 0 spiro atoms. The first-order chi connectivity index (χ1) is 12.7. The highest BCUT2D eigenvalue weighted by atomic mass is 32.2. The van der Waals surface area contributed by atoms with Gasteiger partial charge in [0.1, 0.15) is 11.9 Å². The van der Waals surface area contributed by atoms with Crippen molar-refractivity contribution in [3.8, 4) is 0 Å². The van der Waals surface area contributed by atoms with Crippen molar-refractivity contribution < 1.29 is 17.6 Å². The summed E-state index contributed by atoms with van der Waals surface area (Å²) in [7, 11) is -3.86. The van der Waals surface area contributed by atoms with Gasteiger partial charge in [-0.05, 0) is 49.6 Å². The molecular weight excluding hydrogens is 367 g/mol. The number of hydrogen-bond acceptors (Lipinski definition) is 3. The Hall–Kier alpha value is -2.41. The number of nitrogens with one attached hydrogen (secondary N) is 1. The topological polar surface area (TPSA) is 66.5 Å². The quantitative estimate of drug-likeness (QED) is 0.739. The predicted octanol–water partition coefficient (Wildman–Crippen LogP) is 3.96. The summed E-state index contributed by atoms with van der Waals surface area (Å²) in [6.07, 6.45) is 4.12. The number of carbonyl (C=O) groups is 1. The zero-order valence-electron chi connectivity index (χ0n) is 15.8. The van der Waals surface area contributed by atoms with Gasteiger partial charge in [-0.3, -0.25) is 9.10 Å². The fourth-order valence-electron chi connectivity index (χ4n) is 2.79. The Morgan fingerprint density at radius 2 is 1.78 bits per heavy atom. The maximum absolute atomic E-state index is 14.1. The van der Waals surface area contributed by atoms with Crippen LogP contribution in [-0.2, 0) is 21.2 Å². The van der Waals surface area contributed by atoms with E-state index < -0.39 is 27.8 Å². The Labute approximate surface area is 160 Å². The molecule has 2 rings (SSSR count). The van der Waals surface area contributed by atoms with Gasteiger partial charge < -0.3 is 5.32 Å². The highest BCUT2D eigenvalue weighted by Gasteiger charge is 2.30. The standard InChI is InChI=1S/C20H25FN2O3S/c1-4-5-8-16-11-13-17(14-12-16)22-20(24)15(2)23(27(3,25)26)19-10-7-6-9-18(19)21/h6-7,9-15H,4-5,8H2,1-3H3,(H,22,24)/t15-/m0/s1. The molecule has 0 aromatic heterocycles. The Bertz CT molecular complexity index is 882. The number of benzene rings is 2. The number of para-hydroxylation sites is 1. The van der Waals surface area contributed by atoms with Gasteiger partial charge in [-0.2, -0.15) is 0 Å². The normalized spacial score (nSPS) is 12.4. The molecule has 7 heteroatoms. The fourth-order valence-corrected chi connectivity index (χ4v) is 3.97. The summed E-state index contributed by atoms with van der Waals surface area (Å²) in [5.74, 6) is -1.24. The lowest BCUT2D eigenvalue weighted by Crippen LogP contribution is -2.45. The van der Waals surface area contributed by atoms with Gasteiger partial charge in [0.15, 0.2) is 0 Å². The molecule has 0 saturated heterocycles. The molecule has 5 nitrogen and oxygen atoms in total. The summed E-state index contributed by atoms with van der Waals surface area (Å²) >= 11 is 0. The maximum atomic E-state index is 14.1. The minimum atomic E-state index is -3.86. The molecule has 0 aliphatic heterocycles. The number of carbonyl (C=O) groups excluding carboxylic acids is 1. The van der Waals surface area contributed by atoms with Crippen LogP contribution in [0, 0.1) is 5.82 Å². The second kappa shape index (κ2) is 8.99. The van der Waals surface area contributed by atoms with Crippen molar-refractivity contribution in [1.29, 1.82) is 0 Å². The highest BCUT2D eigenvalue weighted by Crippen LogP contribution is 2.24. The number of aryl methyl sites for hydroxylation is 1. The first-order valence-corrected chi connectivity index (χ1v) is 10.7. The first kappa shape index (κ1) is 20.9. The molecule has 2 aromatic rings. The van der Waals surface area contributed by atoms with Crippen molar-refractivity contribution in [2.24, 2.45) is 0 Å². The van der Waals surface area contributed by atoms with Gasteiger partial charge in [0.05, 0.1) is 11.9 Å². The summed E-state index contributed by atoms with van der Waals surface area (Å²) in [5.41, 5.74) is 1.58. The van der Waals surface area contributed by atoms with E-state index in [-0.39, 0.29) is 5.69 Å². The summed E-state index contributed by atoms with van der Waals surface area (Å²) in [5, 5.41) is 2.70. The average molecular weight is 392 g/mol. The Kier molecular flexibility index (Phi) is 6.96. The lowest BCUT2D eigenvalue weighted by atomic mass is 10.1. The highest BCUT2D eigenvalue weighted by molar-refractivity contribution is 7.92. The van der Waals surface area contributed by atoms with Crippen LogP contribution < -0.4 is 9.62 Å². The number of anilines is 2. The van der Waals surface area contributed by atoms with E-state index in [4.69, 9.17) is 0 Å². The molecule has 0 fully saturated rings. The number of hydrogen-bond donors (Lipinski definition) is 1. The lowest BCUT2D eigenvalue weighted by molar-refractivity contribution is -0.116. The first-order valence-electron chi connectivity index (χ1n) is 8.87. The molecule has 0 aliphatic rings. The van der Waals surface area contributed by atoms with Crippen LogP contribution in [0.2, 0.25) is 0 Å². The van der Waals surface area contributed by atoms with Crippen molar-refractivity contribution in [2.75, 3.05) is 15.9 Å². The van der Waals surface area contributed by atoms with Gasteiger partial charge in [0.25, 0.3) is 0 Å². The van der Waals surface area contributed by atoms with Crippen molar-refractivity contribution in [2.45, 2.75) is 39.2 Å². The van der Waals surface area contributed by atoms with E-state index >= 15 is 0 Å². The molecule has 0 saturated carbocycles. The second-order valence-corrected chi connectivity index (χ2v) is 8.34. The number of unbranched alkanes of at least 4 members (excludes halogenated alkanes) is 1. The van der Waals surface area contributed by atoms with Crippen LogP contribution >= 0.6 is 0 Å². The van der Waals surface area contributed by atoms with Crippen LogP contribution in [0.15, 0.2) is 48.5 Å². The van der Waals surface area contributed by atoms with Crippen molar-refractivity contribution in [3.05, 3.63) is 59.9 Å². The molecule has 2 aromatic carbocycles. The minimum Gasteiger partial charge on any atom is -0.324 e. The lowest BCUT2D eigenvalue weighted by Gasteiger charge is -2.28. The molecule has 146 valence electrons. The molecule has 0 radical (unpaired) electrons. The largest absolute Gasteiger partial charge is 0.324 e. The predicted molar refractivity (Wildman–Crippen MR) is 107 cm³/mol. The van der Waals surface area contributed by atoms with Crippen molar-refractivity contribution >= 4 is 27.3 Å². The van der Waals surface area contributed by atoms with E-state index in [1.165, 1.54) is 30.7 Å². The summed E-state index contributed by atoms with van der Waals surface area (Å²) in [6.45, 7) is 3.55. The van der Waals surface area contributed by atoms with E-state index in [0.29, 0.717) is 5.69 Å². The van der Waals surface area contributed by atoms with E-state index in [1.807, 2.05) is 12.1 Å². The second-order valence-electron chi connectivity index (χ2n) is 6.48. The van der Waals surface area contributed by atoms with E-state index in [1.54, 1.807) is 12.1 Å². The summed E-state index contributed by atoms with van der Waals surface area (Å²) < 4.78 is 39.3. The van der Waals surface area contributed by atoms with Gasteiger partial charge in [-0.1, -0.05) is 37.6 Å².